The number of nitrogens with zero attached hydrogens (tertiary/aromatic N) is 3. The van der Waals surface area contributed by atoms with E-state index in [1.54, 1.807) is 20.8 Å². The van der Waals surface area contributed by atoms with E-state index in [-0.39, 0.29) is 4.31 Å². The minimum absolute atomic E-state index is 0.0878. The summed E-state index contributed by atoms with van der Waals surface area (Å²) in [5, 5.41) is 5.29. The second-order valence-electron chi connectivity index (χ2n) is 8.58. The number of carbonyl (C=O) groups excluding carboxylic acids is 3. The molecule has 1 aliphatic heterocycles. The van der Waals surface area contributed by atoms with Crippen molar-refractivity contribution in [2.45, 2.75) is 56.2 Å². The lowest BCUT2D eigenvalue weighted by Gasteiger charge is -2.35. The van der Waals surface area contributed by atoms with E-state index in [0.717, 1.165) is 0 Å². The number of nitrogens with one attached hydrogen (secondary N) is 1. The maximum absolute atomic E-state index is 12.9. The van der Waals surface area contributed by atoms with Gasteiger partial charge in [-0.2, -0.15) is 16.8 Å². The molecule has 0 radical (unpaired) electrons. The predicted molar refractivity (Wildman–Crippen MR) is 119 cm³/mol. The highest BCUT2D eigenvalue weighted by atomic mass is 32.3. The molecule has 1 atom stereocenters. The zero-order valence-electron chi connectivity index (χ0n) is 19.0. The SMILES string of the molecule is CC(C)(C)OC(=O)C(C)(C)ON=C(C(=O)NC1CN(S(=O)(=O)O)C1=O)c1nc(S(=O)(=O)O)sc1N. The van der Waals surface area contributed by atoms with Crippen LogP contribution in [0.4, 0.5) is 5.00 Å². The lowest BCUT2D eigenvalue weighted by Crippen LogP contribution is -2.65. The molecule has 0 saturated carbocycles. The fraction of sp³-hybridized carbons (Fsp3) is 0.562. The molecule has 2 heterocycles. The quantitative estimate of drug-likeness (QED) is 0.0980. The number of thiazole rings is 1. The summed E-state index contributed by atoms with van der Waals surface area (Å²) in [6.45, 7) is 6.70. The van der Waals surface area contributed by atoms with Crippen LogP contribution in [0.3, 0.4) is 0 Å². The van der Waals surface area contributed by atoms with Gasteiger partial charge in [0.2, 0.25) is 9.94 Å². The van der Waals surface area contributed by atoms with E-state index < -0.39 is 82.7 Å². The van der Waals surface area contributed by atoms with Gasteiger partial charge in [-0.3, -0.25) is 18.7 Å². The zero-order chi connectivity index (χ0) is 27.1. The zero-order valence-corrected chi connectivity index (χ0v) is 21.4. The number of ether oxygens (including phenoxy) is 1. The first-order chi connectivity index (χ1) is 15.6. The Morgan fingerprint density at radius 3 is 2.20 bits per heavy atom. The van der Waals surface area contributed by atoms with Gasteiger partial charge in [-0.25, -0.2) is 14.1 Å². The predicted octanol–water partition coefficient (Wildman–Crippen LogP) is -1.06. The van der Waals surface area contributed by atoms with Crippen molar-refractivity contribution in [2.75, 3.05) is 12.3 Å². The van der Waals surface area contributed by atoms with Gasteiger partial charge in [-0.1, -0.05) is 16.5 Å². The molecule has 1 fully saturated rings. The van der Waals surface area contributed by atoms with Crippen LogP contribution < -0.4 is 11.1 Å². The second kappa shape index (κ2) is 9.30. The number of nitrogens with two attached hydrogens (primary N) is 1. The van der Waals surface area contributed by atoms with Gasteiger partial charge in [-0.05, 0) is 34.6 Å². The molecule has 35 heavy (non-hydrogen) atoms. The van der Waals surface area contributed by atoms with Crippen molar-refractivity contribution in [1.29, 1.82) is 0 Å². The number of nitrogen functional groups attached to an aromatic ring is 1. The van der Waals surface area contributed by atoms with Crippen LogP contribution in [0.5, 0.6) is 0 Å². The smallest absolute Gasteiger partial charge is 0.362 e. The van der Waals surface area contributed by atoms with E-state index in [2.05, 4.69) is 15.5 Å². The molecule has 1 aromatic heterocycles. The molecule has 16 nitrogen and oxygen atoms in total. The summed E-state index contributed by atoms with van der Waals surface area (Å²) in [4.78, 5) is 45.9. The van der Waals surface area contributed by atoms with Crippen molar-refractivity contribution >= 4 is 60.3 Å². The minimum Gasteiger partial charge on any atom is -0.457 e. The second-order valence-corrected chi connectivity index (χ2v) is 12.5. The average molecular weight is 558 g/mol. The third-order valence-electron chi connectivity index (χ3n) is 4.03. The van der Waals surface area contributed by atoms with Gasteiger partial charge in [0.1, 0.15) is 22.3 Å². The molecular formula is C16H23N5O11S3. The van der Waals surface area contributed by atoms with Crippen LogP contribution in [0.2, 0.25) is 0 Å². The lowest BCUT2D eigenvalue weighted by atomic mass is 10.1. The maximum atomic E-state index is 12.9. The highest BCUT2D eigenvalue weighted by Crippen LogP contribution is 2.27. The Bertz CT molecular complexity index is 1290. The van der Waals surface area contributed by atoms with Crippen LogP contribution in [0.1, 0.15) is 40.3 Å². The van der Waals surface area contributed by atoms with Crippen LogP contribution >= 0.6 is 11.3 Å². The van der Waals surface area contributed by atoms with E-state index in [9.17, 15) is 35.8 Å². The fourth-order valence-electron chi connectivity index (χ4n) is 2.32. The first-order valence-corrected chi connectivity index (χ1v) is 13.1. The van der Waals surface area contributed by atoms with Gasteiger partial charge in [0.05, 0.1) is 6.54 Å². The number of aromatic nitrogens is 1. The number of β-lactam (4-membered cyclic amide) rings is 1. The number of hydrogen-bond acceptors (Lipinski definition) is 13. The molecule has 0 aliphatic carbocycles. The van der Waals surface area contributed by atoms with E-state index in [1.807, 2.05) is 0 Å². The van der Waals surface area contributed by atoms with Gasteiger partial charge in [0.25, 0.3) is 11.8 Å². The molecule has 2 amide bonds. The van der Waals surface area contributed by atoms with E-state index in [1.165, 1.54) is 13.8 Å². The summed E-state index contributed by atoms with van der Waals surface area (Å²) in [5.74, 6) is -3.27. The maximum Gasteiger partial charge on any atom is 0.362 e. The largest absolute Gasteiger partial charge is 0.457 e. The topological polar surface area (TPSA) is 245 Å². The van der Waals surface area contributed by atoms with Crippen LogP contribution in [0.25, 0.3) is 0 Å². The molecule has 0 aromatic carbocycles. The van der Waals surface area contributed by atoms with Crippen molar-refractivity contribution in [3.8, 4) is 0 Å². The van der Waals surface area contributed by atoms with Crippen molar-refractivity contribution < 1.29 is 49.9 Å². The molecule has 1 aliphatic rings. The molecule has 1 saturated heterocycles. The summed E-state index contributed by atoms with van der Waals surface area (Å²) in [7, 11) is -9.65. The summed E-state index contributed by atoms with van der Waals surface area (Å²) >= 11 is 0.291. The van der Waals surface area contributed by atoms with Gasteiger partial charge in [0, 0.05) is 0 Å². The van der Waals surface area contributed by atoms with Crippen LogP contribution in [-0.2, 0) is 44.4 Å². The van der Waals surface area contributed by atoms with Crippen molar-refractivity contribution in [2.24, 2.45) is 5.16 Å². The van der Waals surface area contributed by atoms with Gasteiger partial charge in [-0.15, -0.1) is 0 Å². The lowest BCUT2D eigenvalue weighted by molar-refractivity contribution is -0.179. The standard InChI is InChI=1S/C16H23N5O11S3/c1-15(2,3)31-13(24)16(4,5)32-20-9(8-10(17)33-14(19-8)34(25,26)27)11(22)18-7-6-21(12(7)23)35(28,29)30/h7H,6,17H2,1-5H3,(H,18,22)(H,25,26,27)(H,28,29,30). The highest BCUT2D eigenvalue weighted by Gasteiger charge is 2.45. The molecule has 5 N–H and O–H groups in total. The number of anilines is 1. The number of oxime groups is 1. The Labute approximate surface area is 204 Å². The molecule has 1 unspecified atom stereocenters. The number of carbonyl (C=O) groups is 3. The molecule has 0 spiro atoms. The Morgan fingerprint density at radius 1 is 1.20 bits per heavy atom. The summed E-state index contributed by atoms with van der Waals surface area (Å²) < 4.78 is 67.6. The molecule has 196 valence electrons. The number of amides is 2. The molecular weight excluding hydrogens is 534 g/mol. The Hall–Kier alpha value is -2.87. The minimum atomic E-state index is -4.83. The van der Waals surface area contributed by atoms with Gasteiger partial charge >= 0.3 is 26.4 Å². The van der Waals surface area contributed by atoms with Crippen LogP contribution in [-0.4, -0.2) is 82.5 Å². The fourth-order valence-corrected chi connectivity index (χ4v) is 4.47. The van der Waals surface area contributed by atoms with Gasteiger partial charge < -0.3 is 20.6 Å². The van der Waals surface area contributed by atoms with Crippen LogP contribution in [0, 0.1) is 0 Å². The van der Waals surface area contributed by atoms with Crippen molar-refractivity contribution in [3.63, 3.8) is 0 Å². The van der Waals surface area contributed by atoms with Gasteiger partial charge in [0.15, 0.2) is 5.71 Å². The third kappa shape index (κ3) is 6.84. The third-order valence-corrected chi connectivity index (χ3v) is 7.01. The molecule has 1 aromatic rings. The highest BCUT2D eigenvalue weighted by molar-refractivity contribution is 7.88. The molecule has 0 bridgehead atoms. The van der Waals surface area contributed by atoms with Crippen molar-refractivity contribution in [1.82, 2.24) is 14.6 Å². The normalized spacial score (nSPS) is 17.6. The monoisotopic (exact) mass is 557 g/mol. The van der Waals surface area contributed by atoms with E-state index >= 15 is 0 Å². The summed E-state index contributed by atoms with van der Waals surface area (Å²) in [5.41, 5.74) is 1.69. The van der Waals surface area contributed by atoms with E-state index in [0.29, 0.717) is 11.3 Å². The first-order valence-electron chi connectivity index (χ1n) is 9.47. The summed E-state index contributed by atoms with van der Waals surface area (Å²) in [6.07, 6.45) is 0. The number of hydrogen-bond donors (Lipinski definition) is 4. The van der Waals surface area contributed by atoms with Crippen LogP contribution in [0.15, 0.2) is 9.50 Å². The summed E-state index contributed by atoms with van der Waals surface area (Å²) in [6, 6.07) is -1.41. The van der Waals surface area contributed by atoms with E-state index in [4.69, 9.17) is 19.9 Å². The first kappa shape index (κ1) is 28.4. The number of rotatable bonds is 8. The number of esters is 1. The Kier molecular flexibility index (Phi) is 7.54. The average Bonchev–Trinajstić information content (AvgIpc) is 3.04. The Balaban J connectivity index is 2.41. The molecule has 2 rings (SSSR count). The molecule has 19 heteroatoms. The van der Waals surface area contributed by atoms with Crippen molar-refractivity contribution in [3.05, 3.63) is 5.69 Å². The Morgan fingerprint density at radius 2 is 1.77 bits per heavy atom.